The topological polar surface area (TPSA) is 78.9 Å². The van der Waals surface area contributed by atoms with Crippen LogP contribution in [0.3, 0.4) is 0 Å². The number of fused-ring (bicyclic) bond motifs is 1. The van der Waals surface area contributed by atoms with Crippen LogP contribution < -0.4 is 10.1 Å². The second kappa shape index (κ2) is 6.95. The molecule has 0 bridgehead atoms. The molecule has 2 aliphatic rings. The van der Waals surface area contributed by atoms with Crippen LogP contribution in [0, 0.1) is 12.8 Å². The van der Waals surface area contributed by atoms with Crippen molar-refractivity contribution < 1.29 is 19.4 Å². The Morgan fingerprint density at radius 1 is 1.30 bits per heavy atom. The van der Waals surface area contributed by atoms with E-state index < -0.39 is 0 Å². The number of amides is 2. The Bertz CT molecular complexity index is 909. The zero-order valence-corrected chi connectivity index (χ0v) is 15.2. The molecule has 4 rings (SSSR count). The second-order valence-electron chi connectivity index (χ2n) is 7.11. The summed E-state index contributed by atoms with van der Waals surface area (Å²) < 4.78 is 5.74. The summed E-state index contributed by atoms with van der Waals surface area (Å²) in [5.74, 6) is 0.0538. The number of carbonyl (C=O) groups excluding carboxylic acids is 2. The van der Waals surface area contributed by atoms with E-state index in [2.05, 4.69) is 5.32 Å². The second-order valence-corrected chi connectivity index (χ2v) is 7.11. The van der Waals surface area contributed by atoms with Crippen LogP contribution in [0.25, 0.3) is 11.1 Å². The van der Waals surface area contributed by atoms with E-state index in [0.717, 1.165) is 22.3 Å². The molecule has 2 N–H and O–H groups in total. The molecule has 0 saturated carbocycles. The van der Waals surface area contributed by atoms with Gasteiger partial charge in [0, 0.05) is 25.1 Å². The Kier molecular flexibility index (Phi) is 4.48. The van der Waals surface area contributed by atoms with E-state index in [-0.39, 0.29) is 29.9 Å². The molecule has 2 aromatic carbocycles. The number of nitrogens with zero attached hydrogens (tertiary/aromatic N) is 1. The summed E-state index contributed by atoms with van der Waals surface area (Å²) in [5.41, 5.74) is 3.80. The molecule has 0 aromatic heterocycles. The number of benzene rings is 2. The number of ether oxygens (including phenoxy) is 1. The third-order valence-electron chi connectivity index (χ3n) is 5.21. The first-order chi connectivity index (χ1) is 13.0. The monoisotopic (exact) mass is 366 g/mol. The normalized spacial score (nSPS) is 19.1. The van der Waals surface area contributed by atoms with Crippen LogP contribution in [0.15, 0.2) is 36.4 Å². The molecule has 2 heterocycles. The molecular weight excluding hydrogens is 344 g/mol. The van der Waals surface area contributed by atoms with Gasteiger partial charge in [-0.2, -0.15) is 0 Å². The van der Waals surface area contributed by atoms with Gasteiger partial charge in [-0.25, -0.2) is 0 Å². The number of nitrogens with one attached hydrogen (secondary N) is 1. The zero-order valence-electron chi connectivity index (χ0n) is 15.2. The van der Waals surface area contributed by atoms with Gasteiger partial charge >= 0.3 is 0 Å². The predicted octanol–water partition coefficient (Wildman–Crippen LogP) is 2.22. The standard InChI is InChI=1S/C21H22N2O4/c1-13-4-2-3-5-17(13)14-8-16-12-23(6-7-27-20(16)18(24)9-14)21(26)15-10-19(25)22-11-15/h2-5,8-9,15,24H,6-7,10-12H2,1H3,(H,22,25)/t15-/m0/s1. The van der Waals surface area contributed by atoms with Crippen LogP contribution in [-0.2, 0) is 16.1 Å². The highest BCUT2D eigenvalue weighted by atomic mass is 16.5. The summed E-state index contributed by atoms with van der Waals surface area (Å²) in [7, 11) is 0. The Labute approximate surface area is 157 Å². The maximum Gasteiger partial charge on any atom is 0.228 e. The van der Waals surface area contributed by atoms with Gasteiger partial charge in [0.2, 0.25) is 11.8 Å². The van der Waals surface area contributed by atoms with Gasteiger partial charge in [-0.1, -0.05) is 24.3 Å². The van der Waals surface area contributed by atoms with Gasteiger partial charge in [-0.3, -0.25) is 9.59 Å². The van der Waals surface area contributed by atoms with Crippen LogP contribution in [0.4, 0.5) is 0 Å². The molecule has 140 valence electrons. The zero-order chi connectivity index (χ0) is 19.0. The SMILES string of the molecule is Cc1ccccc1-c1cc(O)c2c(c1)CN(C(=O)[C@@H]1CNC(=O)C1)CCO2. The van der Waals surface area contributed by atoms with Crippen LogP contribution in [0.5, 0.6) is 11.5 Å². The predicted molar refractivity (Wildman–Crippen MR) is 100 cm³/mol. The Morgan fingerprint density at radius 3 is 2.85 bits per heavy atom. The van der Waals surface area contributed by atoms with Crippen molar-refractivity contribution in [3.63, 3.8) is 0 Å². The number of carbonyl (C=O) groups is 2. The molecule has 0 unspecified atom stereocenters. The fourth-order valence-corrected chi connectivity index (χ4v) is 3.78. The summed E-state index contributed by atoms with van der Waals surface area (Å²) in [5, 5.41) is 13.2. The molecular formula is C21H22N2O4. The number of hydrogen-bond donors (Lipinski definition) is 2. The van der Waals surface area contributed by atoms with Gasteiger partial charge in [0.1, 0.15) is 6.61 Å². The quantitative estimate of drug-likeness (QED) is 0.854. The lowest BCUT2D eigenvalue weighted by atomic mass is 9.97. The highest BCUT2D eigenvalue weighted by molar-refractivity contribution is 5.89. The van der Waals surface area contributed by atoms with E-state index in [9.17, 15) is 14.7 Å². The van der Waals surface area contributed by atoms with Gasteiger partial charge in [0.15, 0.2) is 11.5 Å². The molecule has 27 heavy (non-hydrogen) atoms. The summed E-state index contributed by atoms with van der Waals surface area (Å²) in [6, 6.07) is 11.6. The average molecular weight is 366 g/mol. The van der Waals surface area contributed by atoms with E-state index in [0.29, 0.717) is 32.0 Å². The molecule has 0 radical (unpaired) electrons. The van der Waals surface area contributed by atoms with Crippen molar-refractivity contribution >= 4 is 11.8 Å². The molecule has 6 heteroatoms. The fourth-order valence-electron chi connectivity index (χ4n) is 3.78. The summed E-state index contributed by atoms with van der Waals surface area (Å²) >= 11 is 0. The van der Waals surface area contributed by atoms with Gasteiger partial charge in [-0.05, 0) is 35.7 Å². The maximum absolute atomic E-state index is 12.8. The lowest BCUT2D eigenvalue weighted by molar-refractivity contribution is -0.136. The van der Waals surface area contributed by atoms with Crippen molar-refractivity contribution in [1.29, 1.82) is 0 Å². The Balaban J connectivity index is 1.66. The smallest absolute Gasteiger partial charge is 0.228 e. The lowest BCUT2D eigenvalue weighted by Crippen LogP contribution is -2.37. The average Bonchev–Trinajstić information content (AvgIpc) is 2.96. The Morgan fingerprint density at radius 2 is 2.11 bits per heavy atom. The lowest BCUT2D eigenvalue weighted by Gasteiger charge is -2.23. The number of hydrogen-bond acceptors (Lipinski definition) is 4. The summed E-state index contributed by atoms with van der Waals surface area (Å²) in [6.07, 6.45) is 0.234. The summed E-state index contributed by atoms with van der Waals surface area (Å²) in [4.78, 5) is 26.0. The molecule has 1 fully saturated rings. The molecule has 1 atom stereocenters. The third kappa shape index (κ3) is 3.35. The van der Waals surface area contributed by atoms with Crippen molar-refractivity contribution in [2.45, 2.75) is 19.9 Å². The minimum Gasteiger partial charge on any atom is -0.504 e. The van der Waals surface area contributed by atoms with Gasteiger partial charge < -0.3 is 20.1 Å². The third-order valence-corrected chi connectivity index (χ3v) is 5.21. The Hall–Kier alpha value is -3.02. The van der Waals surface area contributed by atoms with E-state index >= 15 is 0 Å². The van der Waals surface area contributed by atoms with E-state index in [4.69, 9.17) is 4.74 Å². The van der Waals surface area contributed by atoms with Crippen LogP contribution in [0.2, 0.25) is 0 Å². The van der Waals surface area contributed by atoms with Crippen molar-refractivity contribution in [3.05, 3.63) is 47.5 Å². The minimum absolute atomic E-state index is 0.0504. The maximum atomic E-state index is 12.8. The number of aromatic hydroxyl groups is 1. The van der Waals surface area contributed by atoms with Crippen molar-refractivity contribution in [2.75, 3.05) is 19.7 Å². The first kappa shape index (κ1) is 17.4. The molecule has 2 aromatic rings. The van der Waals surface area contributed by atoms with E-state index in [1.807, 2.05) is 37.3 Å². The summed E-state index contributed by atoms with van der Waals surface area (Å²) in [6.45, 7) is 3.50. The van der Waals surface area contributed by atoms with E-state index in [1.165, 1.54) is 0 Å². The van der Waals surface area contributed by atoms with Crippen LogP contribution in [0.1, 0.15) is 17.5 Å². The number of phenols is 1. The van der Waals surface area contributed by atoms with Crippen LogP contribution >= 0.6 is 0 Å². The molecule has 2 aliphatic heterocycles. The molecule has 6 nitrogen and oxygen atoms in total. The van der Waals surface area contributed by atoms with Gasteiger partial charge in [-0.15, -0.1) is 0 Å². The van der Waals surface area contributed by atoms with Gasteiger partial charge in [0.25, 0.3) is 0 Å². The highest BCUT2D eigenvalue weighted by Gasteiger charge is 2.33. The molecule has 1 saturated heterocycles. The molecule has 0 aliphatic carbocycles. The minimum atomic E-state index is -0.327. The van der Waals surface area contributed by atoms with E-state index in [1.54, 1.807) is 11.0 Å². The molecule has 0 spiro atoms. The number of rotatable bonds is 2. The largest absolute Gasteiger partial charge is 0.504 e. The first-order valence-electron chi connectivity index (χ1n) is 9.13. The van der Waals surface area contributed by atoms with Crippen molar-refractivity contribution in [3.8, 4) is 22.6 Å². The fraction of sp³-hybridized carbons (Fsp3) is 0.333. The van der Waals surface area contributed by atoms with Crippen molar-refractivity contribution in [2.24, 2.45) is 5.92 Å². The number of aryl methyl sites for hydroxylation is 1. The van der Waals surface area contributed by atoms with Gasteiger partial charge in [0.05, 0.1) is 12.5 Å². The highest BCUT2D eigenvalue weighted by Crippen LogP contribution is 2.38. The first-order valence-corrected chi connectivity index (χ1v) is 9.13. The van der Waals surface area contributed by atoms with Crippen molar-refractivity contribution in [1.82, 2.24) is 10.2 Å². The molecule has 2 amide bonds. The van der Waals surface area contributed by atoms with Crippen LogP contribution in [-0.4, -0.2) is 41.5 Å². The number of phenolic OH excluding ortho intramolecular Hbond substituents is 1.